The summed E-state index contributed by atoms with van der Waals surface area (Å²) in [6.07, 6.45) is -3.90. The second kappa shape index (κ2) is 9.56. The van der Waals surface area contributed by atoms with Crippen LogP contribution in [0.5, 0.6) is 0 Å². The van der Waals surface area contributed by atoms with Gasteiger partial charge in [0, 0.05) is 48.3 Å². The van der Waals surface area contributed by atoms with Gasteiger partial charge in [-0.25, -0.2) is 17.6 Å². The number of H-pyrrole nitrogens is 1. The van der Waals surface area contributed by atoms with Gasteiger partial charge < -0.3 is 20.5 Å². The molecule has 4 rings (SSSR count). The molecule has 8 nitrogen and oxygen atoms in total. The maximum Gasteiger partial charge on any atom is 0.270 e. The van der Waals surface area contributed by atoms with Gasteiger partial charge in [0.1, 0.15) is 17.8 Å². The molecule has 2 saturated heterocycles. The van der Waals surface area contributed by atoms with E-state index in [1.54, 1.807) is 0 Å². The minimum Gasteiger partial charge on any atom is -0.356 e. The zero-order valence-corrected chi connectivity index (χ0v) is 18.5. The van der Waals surface area contributed by atoms with Crippen LogP contribution >= 0.6 is 0 Å². The zero-order valence-electron chi connectivity index (χ0n) is 18.5. The van der Waals surface area contributed by atoms with Crippen molar-refractivity contribution in [1.82, 2.24) is 20.5 Å². The molecule has 1 aromatic heterocycles. The van der Waals surface area contributed by atoms with Crippen LogP contribution in [0.4, 0.5) is 17.6 Å². The van der Waals surface area contributed by atoms with Crippen LogP contribution < -0.4 is 10.6 Å². The minimum absolute atomic E-state index is 0.0174. The molecule has 0 radical (unpaired) electrons. The van der Waals surface area contributed by atoms with Gasteiger partial charge in [-0.3, -0.25) is 14.4 Å². The lowest BCUT2D eigenvalue weighted by Crippen LogP contribution is -2.57. The number of aromatic nitrogens is 1. The van der Waals surface area contributed by atoms with Gasteiger partial charge in [0.15, 0.2) is 0 Å². The quantitative estimate of drug-likeness (QED) is 0.537. The average molecular weight is 493 g/mol. The Balaban J connectivity index is 1.56. The molecule has 186 valence electrons. The minimum atomic E-state index is -3.21. The maximum atomic E-state index is 14.2. The second-order valence-electron chi connectivity index (χ2n) is 8.82. The zero-order chi connectivity index (χ0) is 25.3. The molecule has 3 heterocycles. The summed E-state index contributed by atoms with van der Waals surface area (Å²) in [4.78, 5) is 41.7. The fraction of sp³-hybridized carbons (Fsp3) is 0.478. The number of carbonyl (C=O) groups excluding carboxylic acids is 3. The topological polar surface area (TPSA) is 118 Å². The first-order valence-electron chi connectivity index (χ1n) is 11.2. The van der Waals surface area contributed by atoms with E-state index in [4.69, 9.17) is 0 Å². The number of aromatic amines is 1. The fourth-order valence-corrected chi connectivity index (χ4v) is 4.62. The highest BCUT2D eigenvalue weighted by molar-refractivity contribution is 6.01. The number of fused-ring (bicyclic) bond motifs is 1. The van der Waals surface area contributed by atoms with E-state index in [9.17, 15) is 37.2 Å². The van der Waals surface area contributed by atoms with Crippen LogP contribution in [0.3, 0.4) is 0 Å². The van der Waals surface area contributed by atoms with E-state index in [0.29, 0.717) is 13.0 Å². The Morgan fingerprint density at radius 1 is 1.31 bits per heavy atom. The molecule has 12 heteroatoms. The largest absolute Gasteiger partial charge is 0.356 e. The van der Waals surface area contributed by atoms with E-state index in [-0.39, 0.29) is 34.5 Å². The van der Waals surface area contributed by atoms with Gasteiger partial charge in [-0.1, -0.05) is 12.1 Å². The molecule has 3 N–H and O–H groups in total. The summed E-state index contributed by atoms with van der Waals surface area (Å²) in [5.41, 5.74) is -0.130. The predicted molar refractivity (Wildman–Crippen MR) is 116 cm³/mol. The van der Waals surface area contributed by atoms with Gasteiger partial charge in [-0.15, -0.1) is 0 Å². The highest BCUT2D eigenvalue weighted by atomic mass is 19.3. The van der Waals surface area contributed by atoms with Crippen molar-refractivity contribution in [1.29, 1.82) is 5.26 Å². The van der Waals surface area contributed by atoms with Crippen molar-refractivity contribution in [2.24, 2.45) is 5.92 Å². The summed E-state index contributed by atoms with van der Waals surface area (Å²) in [6, 6.07) is 4.53. The standard InChI is InChI=1S/C23H23F4N5O3/c24-19(25)14-2-1-3-16-15(14)9-17(31-16)22(35)32-7-5-23(26,27)10-18(32)21(34)30-13(11-28)8-12-4-6-29-20(12)33/h1-3,9,12-13,18-19,31H,4-8,10H2,(H,29,33)(H,30,34)/t12-,13-,18-/m0/s1. The van der Waals surface area contributed by atoms with Crippen molar-refractivity contribution in [2.75, 3.05) is 13.1 Å². The first kappa shape index (κ1) is 24.5. The molecule has 0 saturated carbocycles. The molecular formula is C23H23F4N5O3. The second-order valence-corrected chi connectivity index (χ2v) is 8.82. The van der Waals surface area contributed by atoms with Crippen LogP contribution in [0.2, 0.25) is 0 Å². The van der Waals surface area contributed by atoms with Gasteiger partial charge in [0.25, 0.3) is 18.3 Å². The summed E-state index contributed by atoms with van der Waals surface area (Å²) in [6.45, 7) is 0.00768. The number of halogens is 4. The molecule has 2 fully saturated rings. The Labute approximate surface area is 197 Å². The Morgan fingerprint density at radius 3 is 2.74 bits per heavy atom. The van der Waals surface area contributed by atoms with Crippen LogP contribution in [0, 0.1) is 17.2 Å². The van der Waals surface area contributed by atoms with Crippen LogP contribution in [0.1, 0.15) is 48.2 Å². The predicted octanol–water partition coefficient (Wildman–Crippen LogP) is 2.88. The molecule has 2 aliphatic heterocycles. The highest BCUT2D eigenvalue weighted by Crippen LogP contribution is 2.34. The molecule has 3 atom stereocenters. The Morgan fingerprint density at radius 2 is 2.09 bits per heavy atom. The van der Waals surface area contributed by atoms with Gasteiger partial charge in [-0.2, -0.15) is 5.26 Å². The van der Waals surface area contributed by atoms with Crippen LogP contribution in [0.15, 0.2) is 24.3 Å². The number of benzene rings is 1. The van der Waals surface area contributed by atoms with Crippen molar-refractivity contribution in [3.8, 4) is 6.07 Å². The number of nitrogens with one attached hydrogen (secondary N) is 3. The molecule has 1 aromatic carbocycles. The van der Waals surface area contributed by atoms with Gasteiger partial charge in [0.2, 0.25) is 11.8 Å². The summed E-state index contributed by atoms with van der Waals surface area (Å²) >= 11 is 0. The third kappa shape index (κ3) is 5.08. The van der Waals surface area contributed by atoms with Gasteiger partial charge >= 0.3 is 0 Å². The molecule has 2 aromatic rings. The number of nitrogens with zero attached hydrogens (tertiary/aromatic N) is 2. The van der Waals surface area contributed by atoms with E-state index in [2.05, 4.69) is 15.6 Å². The van der Waals surface area contributed by atoms with E-state index in [1.807, 2.05) is 6.07 Å². The number of amides is 3. The van der Waals surface area contributed by atoms with Crippen molar-refractivity contribution in [3.05, 3.63) is 35.5 Å². The molecule has 0 aliphatic carbocycles. The Kier molecular flexibility index (Phi) is 6.69. The maximum absolute atomic E-state index is 14.2. The fourth-order valence-electron chi connectivity index (χ4n) is 4.62. The third-order valence-electron chi connectivity index (χ3n) is 6.47. The molecule has 35 heavy (non-hydrogen) atoms. The smallest absolute Gasteiger partial charge is 0.270 e. The SMILES string of the molecule is N#C[C@H](C[C@@H]1CCNC1=O)NC(=O)[C@@H]1CC(F)(F)CCN1C(=O)c1cc2c(C(F)F)cccc2[nH]1. The number of carbonyl (C=O) groups is 3. The van der Waals surface area contributed by atoms with E-state index in [0.717, 1.165) is 4.90 Å². The molecule has 0 bridgehead atoms. The molecule has 0 spiro atoms. The van der Waals surface area contributed by atoms with E-state index >= 15 is 0 Å². The molecule has 0 unspecified atom stereocenters. The first-order chi connectivity index (χ1) is 16.6. The molecule has 2 aliphatic rings. The molecular weight excluding hydrogens is 470 g/mol. The lowest BCUT2D eigenvalue weighted by atomic mass is 9.95. The van der Waals surface area contributed by atoms with Gasteiger partial charge in [0.05, 0.1) is 6.07 Å². The number of nitriles is 1. The summed E-state index contributed by atoms with van der Waals surface area (Å²) in [5, 5.41) is 14.6. The van der Waals surface area contributed by atoms with Crippen LogP contribution in [0.25, 0.3) is 10.9 Å². The van der Waals surface area contributed by atoms with Crippen molar-refractivity contribution in [3.63, 3.8) is 0 Å². The Bertz CT molecular complexity index is 1190. The third-order valence-corrected chi connectivity index (χ3v) is 6.47. The number of likely N-dealkylation sites (tertiary alicyclic amines) is 1. The number of piperidine rings is 1. The number of rotatable bonds is 6. The Hall–Kier alpha value is -3.62. The molecule has 3 amide bonds. The van der Waals surface area contributed by atoms with E-state index < -0.39 is 61.6 Å². The summed E-state index contributed by atoms with van der Waals surface area (Å²) in [5.74, 6) is -5.67. The number of alkyl halides is 4. The first-order valence-corrected chi connectivity index (χ1v) is 11.2. The summed E-state index contributed by atoms with van der Waals surface area (Å²) < 4.78 is 55.2. The lowest BCUT2D eigenvalue weighted by Gasteiger charge is -2.38. The van der Waals surface area contributed by atoms with Gasteiger partial charge in [-0.05, 0) is 25.0 Å². The average Bonchev–Trinajstić information content (AvgIpc) is 3.43. The summed E-state index contributed by atoms with van der Waals surface area (Å²) in [7, 11) is 0. The monoisotopic (exact) mass is 493 g/mol. The number of hydrogen-bond donors (Lipinski definition) is 3. The normalized spacial score (nSPS) is 22.6. The van der Waals surface area contributed by atoms with Crippen molar-refractivity contribution >= 4 is 28.6 Å². The van der Waals surface area contributed by atoms with Crippen LogP contribution in [-0.4, -0.2) is 58.7 Å². The van der Waals surface area contributed by atoms with Crippen molar-refractivity contribution < 1.29 is 31.9 Å². The van der Waals surface area contributed by atoms with E-state index in [1.165, 1.54) is 24.3 Å². The van der Waals surface area contributed by atoms with Crippen molar-refractivity contribution in [2.45, 2.75) is 50.1 Å². The highest BCUT2D eigenvalue weighted by Gasteiger charge is 2.46. The van der Waals surface area contributed by atoms with Crippen LogP contribution in [-0.2, 0) is 9.59 Å². The number of hydrogen-bond acceptors (Lipinski definition) is 4. The lowest BCUT2D eigenvalue weighted by molar-refractivity contribution is -0.135.